The van der Waals surface area contributed by atoms with Gasteiger partial charge < -0.3 is 20.3 Å². The van der Waals surface area contributed by atoms with Gasteiger partial charge in [0.15, 0.2) is 5.69 Å². The third kappa shape index (κ3) is 4.75. The lowest BCUT2D eigenvalue weighted by Gasteiger charge is -2.62. The molecule has 1 aromatic carbocycles. The number of aromatic amines is 1. The zero-order valence-corrected chi connectivity index (χ0v) is 24.8. The molecular formula is C32H44N4O6. The second-order valence-corrected chi connectivity index (χ2v) is 14.4. The van der Waals surface area contributed by atoms with Crippen LogP contribution in [0, 0.1) is 56.5 Å². The molecule has 4 aliphatic carbocycles. The van der Waals surface area contributed by atoms with Crippen molar-refractivity contribution in [1.82, 2.24) is 4.98 Å². The molecule has 6 rings (SSSR count). The van der Waals surface area contributed by atoms with Crippen LogP contribution >= 0.6 is 0 Å². The number of benzene rings is 1. The van der Waals surface area contributed by atoms with Gasteiger partial charge in [-0.1, -0.05) is 20.8 Å². The van der Waals surface area contributed by atoms with Crippen LogP contribution in [-0.2, 0) is 4.79 Å². The van der Waals surface area contributed by atoms with E-state index in [0.717, 1.165) is 51.4 Å². The highest BCUT2D eigenvalue weighted by molar-refractivity contribution is 5.95. The summed E-state index contributed by atoms with van der Waals surface area (Å²) in [5.74, 6) is 1.82. The number of carbonyl (C=O) groups is 1. The Morgan fingerprint density at radius 2 is 1.86 bits per heavy atom. The standard InChI is InChI=1S/C32H44N4O6/c1-17(4-9-27(39)34-35-29-21-16-19(36(41)42)5-8-25(21)33-30(29)40)22-6-7-23-28-24(11-13-32(22,23)3)31(2)12-10-20(37)14-18(31)15-26(28)38/h5,8,16-18,20,22-24,26,28,33,37-38,40H,4,6-7,9-15H2,1-3H3/t17?,18?,20?,22?,23?,24?,26-,28?,31?,32?/m0/s1. The lowest BCUT2D eigenvalue weighted by molar-refractivity contribution is -0.384. The van der Waals surface area contributed by atoms with E-state index in [0.29, 0.717) is 52.8 Å². The molecule has 4 aliphatic rings. The number of aromatic hydroxyl groups is 1. The number of aromatic nitrogens is 1. The Labute approximate surface area is 246 Å². The highest BCUT2D eigenvalue weighted by Crippen LogP contribution is 2.68. The van der Waals surface area contributed by atoms with Gasteiger partial charge in [-0.25, -0.2) is 0 Å². The summed E-state index contributed by atoms with van der Waals surface area (Å²) in [6.07, 6.45) is 8.44. The first kappa shape index (κ1) is 29.2. The zero-order chi connectivity index (χ0) is 30.0. The Morgan fingerprint density at radius 1 is 1.12 bits per heavy atom. The van der Waals surface area contributed by atoms with Crippen molar-refractivity contribution in [2.45, 2.75) is 97.2 Å². The fourth-order valence-corrected chi connectivity index (χ4v) is 10.2. The number of fused-ring (bicyclic) bond motifs is 6. The van der Waals surface area contributed by atoms with Crippen molar-refractivity contribution in [2.24, 2.45) is 56.6 Å². The van der Waals surface area contributed by atoms with Crippen molar-refractivity contribution in [1.29, 1.82) is 0 Å². The van der Waals surface area contributed by atoms with E-state index in [2.05, 4.69) is 36.0 Å². The summed E-state index contributed by atoms with van der Waals surface area (Å²) in [5, 5.41) is 51.4. The highest BCUT2D eigenvalue weighted by Gasteiger charge is 2.62. The first-order valence-corrected chi connectivity index (χ1v) is 15.7. The van der Waals surface area contributed by atoms with Crippen molar-refractivity contribution in [3.8, 4) is 5.88 Å². The monoisotopic (exact) mass is 580 g/mol. The Morgan fingerprint density at radius 3 is 2.62 bits per heavy atom. The number of aliphatic hydroxyl groups excluding tert-OH is 2. The van der Waals surface area contributed by atoms with Crippen LogP contribution in [0.1, 0.15) is 85.0 Å². The minimum atomic E-state index is -0.523. The summed E-state index contributed by atoms with van der Waals surface area (Å²) >= 11 is 0. The van der Waals surface area contributed by atoms with Gasteiger partial charge in [-0.05, 0) is 110 Å². The summed E-state index contributed by atoms with van der Waals surface area (Å²) in [4.78, 5) is 26.1. The molecule has 10 nitrogen and oxygen atoms in total. The van der Waals surface area contributed by atoms with Crippen molar-refractivity contribution >= 4 is 28.2 Å². The summed E-state index contributed by atoms with van der Waals surface area (Å²) in [6, 6.07) is 4.13. The Hall–Kier alpha value is -2.85. The zero-order valence-electron chi connectivity index (χ0n) is 24.8. The average molecular weight is 581 g/mol. The number of hydrogen-bond donors (Lipinski definition) is 4. The Bertz CT molecular complexity index is 1410. The van der Waals surface area contributed by atoms with E-state index in [-0.39, 0.29) is 52.6 Å². The smallest absolute Gasteiger partial charge is 0.270 e. The average Bonchev–Trinajstić information content (AvgIpc) is 3.46. The lowest BCUT2D eigenvalue weighted by atomic mass is 9.43. The second kappa shape index (κ2) is 10.7. The molecule has 228 valence electrons. The van der Waals surface area contributed by atoms with Gasteiger partial charge in [-0.2, -0.15) is 0 Å². The fraction of sp³-hybridized carbons (Fsp3) is 0.719. The molecule has 2 aromatic rings. The molecular weight excluding hydrogens is 536 g/mol. The fourth-order valence-electron chi connectivity index (χ4n) is 10.2. The molecule has 10 atom stereocenters. The van der Waals surface area contributed by atoms with E-state index >= 15 is 0 Å². The number of H-pyrrole nitrogens is 1. The molecule has 4 saturated carbocycles. The first-order valence-electron chi connectivity index (χ1n) is 15.7. The van der Waals surface area contributed by atoms with Gasteiger partial charge in [0.2, 0.25) is 5.88 Å². The SMILES string of the molecule is CC(CCC(=O)N=Nc1c(O)[nH]c2ccc([N+](=O)[O-])cc12)C1CCC2C3C(CCC12C)C1(C)CCC(O)CC1C[C@@H]3O. The van der Waals surface area contributed by atoms with Crippen LogP contribution in [0.4, 0.5) is 11.4 Å². The first-order chi connectivity index (χ1) is 19.9. The van der Waals surface area contributed by atoms with Gasteiger partial charge in [0, 0.05) is 23.9 Å². The van der Waals surface area contributed by atoms with E-state index in [4.69, 9.17) is 0 Å². The molecule has 0 spiro atoms. The predicted molar refractivity (Wildman–Crippen MR) is 157 cm³/mol. The van der Waals surface area contributed by atoms with Crippen LogP contribution in [-0.4, -0.2) is 43.3 Å². The number of azo groups is 1. The van der Waals surface area contributed by atoms with Crippen molar-refractivity contribution < 1.29 is 25.0 Å². The van der Waals surface area contributed by atoms with Crippen LogP contribution in [0.2, 0.25) is 0 Å². The third-order valence-corrected chi connectivity index (χ3v) is 12.4. The van der Waals surface area contributed by atoms with Crippen molar-refractivity contribution in [3.63, 3.8) is 0 Å². The number of rotatable bonds is 6. The van der Waals surface area contributed by atoms with Gasteiger partial charge in [0.05, 0.1) is 22.6 Å². The maximum absolute atomic E-state index is 12.8. The summed E-state index contributed by atoms with van der Waals surface area (Å²) in [5.41, 5.74) is 0.694. The minimum absolute atomic E-state index is 0.0208. The molecule has 0 aliphatic heterocycles. The molecule has 10 heteroatoms. The van der Waals surface area contributed by atoms with E-state index in [9.17, 15) is 30.2 Å². The van der Waals surface area contributed by atoms with Crippen LogP contribution in [0.25, 0.3) is 10.9 Å². The van der Waals surface area contributed by atoms with Gasteiger partial charge in [0.25, 0.3) is 11.6 Å². The van der Waals surface area contributed by atoms with Gasteiger partial charge >= 0.3 is 0 Å². The number of amides is 1. The molecule has 9 unspecified atom stereocenters. The maximum atomic E-state index is 12.8. The molecule has 42 heavy (non-hydrogen) atoms. The van der Waals surface area contributed by atoms with E-state index in [1.54, 1.807) is 0 Å². The summed E-state index contributed by atoms with van der Waals surface area (Å²) in [6.45, 7) is 7.09. The topological polar surface area (TPSA) is 161 Å². The molecule has 1 amide bonds. The molecule has 1 aromatic heterocycles. The van der Waals surface area contributed by atoms with Crippen LogP contribution in [0.3, 0.4) is 0 Å². The molecule has 4 N–H and O–H groups in total. The number of nitrogens with zero attached hydrogens (tertiary/aromatic N) is 3. The molecule has 0 saturated heterocycles. The van der Waals surface area contributed by atoms with Gasteiger partial charge in [0.1, 0.15) is 0 Å². The van der Waals surface area contributed by atoms with Crippen molar-refractivity contribution in [2.75, 3.05) is 0 Å². The maximum Gasteiger partial charge on any atom is 0.270 e. The van der Waals surface area contributed by atoms with E-state index < -0.39 is 4.92 Å². The normalized spacial score (nSPS) is 38.6. The van der Waals surface area contributed by atoms with E-state index in [1.807, 2.05) is 0 Å². The van der Waals surface area contributed by atoms with E-state index in [1.165, 1.54) is 18.2 Å². The molecule has 1 heterocycles. The highest BCUT2D eigenvalue weighted by atomic mass is 16.6. The predicted octanol–water partition coefficient (Wildman–Crippen LogP) is 6.80. The Balaban J connectivity index is 1.11. The third-order valence-electron chi connectivity index (χ3n) is 12.4. The number of nitrogens with one attached hydrogen (secondary N) is 1. The molecule has 4 fully saturated rings. The number of aliphatic hydroxyl groups is 2. The summed E-state index contributed by atoms with van der Waals surface area (Å²) < 4.78 is 0. The molecule has 0 radical (unpaired) electrons. The quantitative estimate of drug-likeness (QED) is 0.167. The minimum Gasteiger partial charge on any atom is -0.493 e. The van der Waals surface area contributed by atoms with Crippen LogP contribution in [0.5, 0.6) is 5.88 Å². The van der Waals surface area contributed by atoms with Gasteiger partial charge in [-0.15, -0.1) is 10.2 Å². The van der Waals surface area contributed by atoms with Gasteiger partial charge in [-0.3, -0.25) is 14.9 Å². The number of nitro groups is 1. The Kier molecular flexibility index (Phi) is 7.45. The number of hydrogen-bond acceptors (Lipinski definition) is 7. The van der Waals surface area contributed by atoms with Crippen molar-refractivity contribution in [3.05, 3.63) is 28.3 Å². The number of nitro benzene ring substituents is 1. The largest absolute Gasteiger partial charge is 0.493 e. The number of carbonyl (C=O) groups excluding carboxylic acids is 1. The second-order valence-electron chi connectivity index (χ2n) is 14.4. The van der Waals surface area contributed by atoms with Crippen LogP contribution in [0.15, 0.2) is 28.4 Å². The van der Waals surface area contributed by atoms with Crippen LogP contribution < -0.4 is 0 Å². The number of non-ortho nitro benzene ring substituents is 1. The molecule has 0 bridgehead atoms. The summed E-state index contributed by atoms with van der Waals surface area (Å²) in [7, 11) is 0. The lowest BCUT2D eigenvalue weighted by Crippen LogP contribution is -2.58.